The molecule has 0 unspecified atom stereocenters. The molecule has 0 aliphatic carbocycles. The summed E-state index contributed by atoms with van der Waals surface area (Å²) in [6, 6.07) is 9.25. The highest BCUT2D eigenvalue weighted by molar-refractivity contribution is 5.78. The molecule has 0 atom stereocenters. The van der Waals surface area contributed by atoms with Gasteiger partial charge in [0.1, 0.15) is 0 Å². The standard InChI is InChI=1S/C14H16N2O/c1-11(9-15-2)10-16-8-7-14(17)12-5-3-4-6-13(12)16/h3-8,15H,1,9-10H2,2H3. The molecule has 2 aromatic rings. The number of para-hydroxylation sites is 1. The van der Waals surface area contributed by atoms with Gasteiger partial charge in [-0.15, -0.1) is 0 Å². The largest absolute Gasteiger partial charge is 0.343 e. The van der Waals surface area contributed by atoms with Gasteiger partial charge in [0.2, 0.25) is 0 Å². The van der Waals surface area contributed by atoms with Gasteiger partial charge >= 0.3 is 0 Å². The van der Waals surface area contributed by atoms with Crippen molar-refractivity contribution in [3.8, 4) is 0 Å². The first kappa shape index (κ1) is 11.6. The number of likely N-dealkylation sites (N-methyl/N-ethyl adjacent to an activating group) is 1. The minimum atomic E-state index is 0.0658. The smallest absolute Gasteiger partial charge is 0.189 e. The number of pyridine rings is 1. The first-order chi connectivity index (χ1) is 8.22. The second-order valence-electron chi connectivity index (χ2n) is 4.11. The summed E-state index contributed by atoms with van der Waals surface area (Å²) < 4.78 is 2.05. The van der Waals surface area contributed by atoms with Crippen molar-refractivity contribution in [1.29, 1.82) is 0 Å². The number of hydrogen-bond donors (Lipinski definition) is 1. The number of rotatable bonds is 4. The van der Waals surface area contributed by atoms with Crippen LogP contribution in [-0.4, -0.2) is 18.2 Å². The zero-order valence-electron chi connectivity index (χ0n) is 9.94. The normalized spacial score (nSPS) is 10.6. The van der Waals surface area contributed by atoms with E-state index in [0.717, 1.165) is 29.6 Å². The Morgan fingerprint density at radius 1 is 1.35 bits per heavy atom. The Bertz CT molecular complexity index is 598. The van der Waals surface area contributed by atoms with Crippen molar-refractivity contribution in [1.82, 2.24) is 9.88 Å². The van der Waals surface area contributed by atoms with Gasteiger partial charge in [-0.1, -0.05) is 18.7 Å². The summed E-state index contributed by atoms with van der Waals surface area (Å²) in [4.78, 5) is 11.7. The van der Waals surface area contributed by atoms with Crippen molar-refractivity contribution in [2.45, 2.75) is 6.54 Å². The van der Waals surface area contributed by atoms with Crippen LogP contribution in [-0.2, 0) is 6.54 Å². The van der Waals surface area contributed by atoms with E-state index in [1.165, 1.54) is 0 Å². The van der Waals surface area contributed by atoms with Crippen molar-refractivity contribution in [2.24, 2.45) is 0 Å². The van der Waals surface area contributed by atoms with E-state index in [4.69, 9.17) is 0 Å². The van der Waals surface area contributed by atoms with Crippen molar-refractivity contribution >= 4 is 10.9 Å². The van der Waals surface area contributed by atoms with E-state index in [0.29, 0.717) is 0 Å². The third-order valence-corrected chi connectivity index (χ3v) is 2.71. The maximum absolute atomic E-state index is 11.7. The number of benzene rings is 1. The highest BCUT2D eigenvalue weighted by Crippen LogP contribution is 2.10. The third kappa shape index (κ3) is 2.45. The molecule has 0 fully saturated rings. The average molecular weight is 228 g/mol. The van der Waals surface area contributed by atoms with Gasteiger partial charge in [-0.3, -0.25) is 4.79 Å². The molecule has 0 aliphatic heterocycles. The topological polar surface area (TPSA) is 34.0 Å². The summed E-state index contributed by atoms with van der Waals surface area (Å²) in [7, 11) is 1.90. The highest BCUT2D eigenvalue weighted by Gasteiger charge is 2.02. The Hall–Kier alpha value is -1.87. The van der Waals surface area contributed by atoms with Gasteiger partial charge < -0.3 is 9.88 Å². The minimum Gasteiger partial charge on any atom is -0.343 e. The molecule has 17 heavy (non-hydrogen) atoms. The molecule has 3 heteroatoms. The minimum absolute atomic E-state index is 0.0658. The fraction of sp³-hybridized carbons (Fsp3) is 0.214. The van der Waals surface area contributed by atoms with E-state index < -0.39 is 0 Å². The van der Waals surface area contributed by atoms with Crippen molar-refractivity contribution in [2.75, 3.05) is 13.6 Å². The first-order valence-corrected chi connectivity index (χ1v) is 5.62. The van der Waals surface area contributed by atoms with Gasteiger partial charge in [0.25, 0.3) is 0 Å². The van der Waals surface area contributed by atoms with Gasteiger partial charge in [-0.05, 0) is 24.8 Å². The summed E-state index contributed by atoms with van der Waals surface area (Å²) in [5, 5.41) is 3.83. The lowest BCUT2D eigenvalue weighted by Gasteiger charge is -2.12. The number of nitrogens with one attached hydrogen (secondary N) is 1. The second-order valence-corrected chi connectivity index (χ2v) is 4.11. The third-order valence-electron chi connectivity index (χ3n) is 2.71. The van der Waals surface area contributed by atoms with Gasteiger partial charge in [0.05, 0.1) is 5.52 Å². The maximum atomic E-state index is 11.7. The van der Waals surface area contributed by atoms with Crippen LogP contribution in [0.3, 0.4) is 0 Å². The van der Waals surface area contributed by atoms with Crippen LogP contribution < -0.4 is 10.7 Å². The molecule has 1 aromatic heterocycles. The molecule has 0 aliphatic rings. The van der Waals surface area contributed by atoms with Crippen LogP contribution in [0.2, 0.25) is 0 Å². The van der Waals surface area contributed by atoms with Crippen LogP contribution in [0.15, 0.2) is 53.5 Å². The number of hydrogen-bond acceptors (Lipinski definition) is 2. The SMILES string of the molecule is C=C(CNC)Cn1ccc(=O)c2ccccc21. The molecule has 1 N–H and O–H groups in total. The van der Waals surface area contributed by atoms with Crippen LogP contribution in [0.25, 0.3) is 10.9 Å². The molecule has 1 aromatic carbocycles. The van der Waals surface area contributed by atoms with E-state index in [1.54, 1.807) is 6.07 Å². The predicted molar refractivity (Wildman–Crippen MR) is 71.3 cm³/mol. The molecule has 1 heterocycles. The predicted octanol–water partition coefficient (Wildman–Crippen LogP) is 1.78. The van der Waals surface area contributed by atoms with Gasteiger partial charge in [-0.25, -0.2) is 0 Å². The Balaban J connectivity index is 2.45. The Morgan fingerprint density at radius 2 is 2.12 bits per heavy atom. The number of aromatic nitrogens is 1. The lowest BCUT2D eigenvalue weighted by molar-refractivity contribution is 0.752. The maximum Gasteiger partial charge on any atom is 0.189 e. The molecular weight excluding hydrogens is 212 g/mol. The molecule has 88 valence electrons. The lowest BCUT2D eigenvalue weighted by Crippen LogP contribution is -2.15. The summed E-state index contributed by atoms with van der Waals surface area (Å²) in [6.07, 6.45) is 1.82. The Morgan fingerprint density at radius 3 is 2.88 bits per heavy atom. The Kier molecular flexibility index (Phi) is 3.40. The van der Waals surface area contributed by atoms with Crippen LogP contribution in [0.5, 0.6) is 0 Å². The van der Waals surface area contributed by atoms with E-state index in [2.05, 4.69) is 16.5 Å². The summed E-state index contributed by atoms with van der Waals surface area (Å²) in [6.45, 7) is 5.51. The van der Waals surface area contributed by atoms with E-state index in [9.17, 15) is 4.79 Å². The highest BCUT2D eigenvalue weighted by atomic mass is 16.1. The second kappa shape index (κ2) is 4.97. The summed E-state index contributed by atoms with van der Waals surface area (Å²) >= 11 is 0. The van der Waals surface area contributed by atoms with Crippen LogP contribution in [0.1, 0.15) is 0 Å². The van der Waals surface area contributed by atoms with E-state index >= 15 is 0 Å². The van der Waals surface area contributed by atoms with Crippen LogP contribution in [0.4, 0.5) is 0 Å². The fourth-order valence-electron chi connectivity index (χ4n) is 1.94. The monoisotopic (exact) mass is 228 g/mol. The van der Waals surface area contributed by atoms with Gasteiger partial charge in [-0.2, -0.15) is 0 Å². The van der Waals surface area contributed by atoms with Crippen molar-refractivity contribution in [3.63, 3.8) is 0 Å². The van der Waals surface area contributed by atoms with Crippen molar-refractivity contribution in [3.05, 3.63) is 58.9 Å². The molecule has 3 nitrogen and oxygen atoms in total. The zero-order chi connectivity index (χ0) is 12.3. The zero-order valence-corrected chi connectivity index (χ0v) is 9.94. The van der Waals surface area contributed by atoms with Crippen molar-refractivity contribution < 1.29 is 0 Å². The molecule has 0 saturated carbocycles. The average Bonchev–Trinajstić information content (AvgIpc) is 2.34. The lowest BCUT2D eigenvalue weighted by atomic mass is 10.2. The van der Waals surface area contributed by atoms with Gasteiger partial charge in [0.15, 0.2) is 5.43 Å². The van der Waals surface area contributed by atoms with E-state index in [-0.39, 0.29) is 5.43 Å². The molecular formula is C14H16N2O. The van der Waals surface area contributed by atoms with Crippen LogP contribution >= 0.6 is 0 Å². The molecule has 2 rings (SSSR count). The number of fused-ring (bicyclic) bond motifs is 1. The molecule has 0 amide bonds. The summed E-state index contributed by atoms with van der Waals surface area (Å²) in [5.74, 6) is 0. The fourth-order valence-corrected chi connectivity index (χ4v) is 1.94. The van der Waals surface area contributed by atoms with Crippen LogP contribution in [0, 0.1) is 0 Å². The first-order valence-electron chi connectivity index (χ1n) is 5.62. The van der Waals surface area contributed by atoms with E-state index in [1.807, 2.05) is 37.5 Å². The Labute approximate surface area is 100 Å². The van der Waals surface area contributed by atoms with Gasteiger partial charge in [0, 0.05) is 30.7 Å². The molecule has 0 saturated heterocycles. The molecule has 0 bridgehead atoms. The molecule has 0 spiro atoms. The quantitative estimate of drug-likeness (QED) is 0.809. The summed E-state index contributed by atoms with van der Waals surface area (Å²) in [5.41, 5.74) is 2.11. The molecule has 0 radical (unpaired) electrons. The number of nitrogens with zero attached hydrogens (tertiary/aromatic N) is 1.